The molecule has 1 atom stereocenters. The summed E-state index contributed by atoms with van der Waals surface area (Å²) in [7, 11) is 0. The zero-order chi connectivity index (χ0) is 26.8. The molecule has 1 aromatic heterocycles. The Balaban J connectivity index is 1.94. The van der Waals surface area contributed by atoms with Gasteiger partial charge in [-0.25, -0.2) is 9.53 Å². The maximum absolute atomic E-state index is 14.7. The summed E-state index contributed by atoms with van der Waals surface area (Å²) < 4.78 is 65.4. The van der Waals surface area contributed by atoms with Crippen molar-refractivity contribution in [2.24, 2.45) is 0 Å². The fraction of sp³-hybridized carbons (Fsp3) is 0.308. The molecule has 0 bridgehead atoms. The molecule has 196 valence electrons. The Bertz CT molecular complexity index is 1260. The number of hydrogen-bond donors (Lipinski definition) is 2. The Morgan fingerprint density at radius 3 is 2.41 bits per heavy atom. The smallest absolute Gasteiger partial charge is 0.409 e. The minimum atomic E-state index is -4.49. The van der Waals surface area contributed by atoms with Crippen molar-refractivity contribution in [2.45, 2.75) is 48.7 Å². The molecule has 0 saturated heterocycles. The molecule has 0 spiro atoms. The molecule has 1 aliphatic heterocycles. The lowest BCUT2D eigenvalue weighted by atomic mass is 9.79. The molecule has 2 amide bonds. The summed E-state index contributed by atoms with van der Waals surface area (Å²) in [4.78, 5) is 17.7. The van der Waals surface area contributed by atoms with Crippen LogP contribution in [0, 0.1) is 0 Å². The van der Waals surface area contributed by atoms with E-state index in [-0.39, 0.29) is 18.0 Å². The minimum Gasteiger partial charge on any atom is -0.409 e. The van der Waals surface area contributed by atoms with Gasteiger partial charge < -0.3 is 15.4 Å². The van der Waals surface area contributed by atoms with E-state index in [1.807, 2.05) is 36.4 Å². The first-order valence-corrected chi connectivity index (χ1v) is 12.9. The number of pyridine rings is 1. The minimum absolute atomic E-state index is 0.123. The normalized spacial score (nSPS) is 17.3. The summed E-state index contributed by atoms with van der Waals surface area (Å²) in [5, 5.41) is 5.70. The van der Waals surface area contributed by atoms with Crippen molar-refractivity contribution in [3.63, 3.8) is 0 Å². The van der Waals surface area contributed by atoms with Crippen LogP contribution in [-0.4, -0.2) is 23.4 Å². The number of benzene rings is 2. The zero-order valence-electron chi connectivity index (χ0n) is 19.9. The molecule has 0 unspecified atom stereocenters. The standard InChI is InChI=1S/C26H24F4IN3O3/c1-16(2)33-23(35)34-24(13-17-6-4-3-5-7-17,22-11-8-18(14-31)15-32-22)19-9-10-21-20(12-19)25(27,28)37-26(29,30)36-21/h3-12,15-16H,13-14H2,1-2H3,(H2,33,34,35)/t24-/m0/s1. The Morgan fingerprint density at radius 2 is 1.78 bits per heavy atom. The number of alkyl halides is 5. The lowest BCUT2D eigenvalue weighted by molar-refractivity contribution is -0.461. The highest BCUT2D eigenvalue weighted by molar-refractivity contribution is 14.1. The van der Waals surface area contributed by atoms with Crippen molar-refractivity contribution < 1.29 is 31.8 Å². The summed E-state index contributed by atoms with van der Waals surface area (Å²) >= 11 is 2.19. The molecule has 2 N–H and O–H groups in total. The number of aromatic nitrogens is 1. The van der Waals surface area contributed by atoms with Gasteiger partial charge in [-0.3, -0.25) is 4.98 Å². The highest BCUT2D eigenvalue weighted by Gasteiger charge is 2.55. The number of halogens is 5. The molecule has 37 heavy (non-hydrogen) atoms. The van der Waals surface area contributed by atoms with Gasteiger partial charge in [-0.15, -0.1) is 8.78 Å². The first kappa shape index (κ1) is 27.1. The Morgan fingerprint density at radius 1 is 1.05 bits per heavy atom. The molecular weight excluding hydrogens is 605 g/mol. The molecule has 0 saturated carbocycles. The van der Waals surface area contributed by atoms with Crippen molar-refractivity contribution in [1.29, 1.82) is 0 Å². The number of hydrogen-bond acceptors (Lipinski definition) is 4. The van der Waals surface area contributed by atoms with Crippen LogP contribution >= 0.6 is 22.6 Å². The van der Waals surface area contributed by atoms with Crippen LogP contribution in [0.15, 0.2) is 66.9 Å². The van der Waals surface area contributed by atoms with Crippen molar-refractivity contribution >= 4 is 28.6 Å². The molecule has 3 aromatic rings. The predicted molar refractivity (Wildman–Crippen MR) is 137 cm³/mol. The van der Waals surface area contributed by atoms with E-state index >= 15 is 0 Å². The lowest BCUT2D eigenvalue weighted by Gasteiger charge is -2.37. The van der Waals surface area contributed by atoms with E-state index in [0.717, 1.165) is 23.3 Å². The van der Waals surface area contributed by atoms with Gasteiger partial charge >= 0.3 is 18.4 Å². The maximum atomic E-state index is 14.7. The van der Waals surface area contributed by atoms with Crippen LogP contribution in [-0.2, 0) is 27.2 Å². The van der Waals surface area contributed by atoms with Crippen LogP contribution in [0.25, 0.3) is 0 Å². The van der Waals surface area contributed by atoms with Gasteiger partial charge in [0.2, 0.25) is 0 Å². The van der Waals surface area contributed by atoms with E-state index in [0.29, 0.717) is 10.1 Å². The molecule has 6 nitrogen and oxygen atoms in total. The van der Waals surface area contributed by atoms with Crippen LogP contribution < -0.4 is 15.4 Å². The number of nitrogens with one attached hydrogen (secondary N) is 2. The zero-order valence-corrected chi connectivity index (χ0v) is 22.1. The van der Waals surface area contributed by atoms with Crippen molar-refractivity contribution in [1.82, 2.24) is 15.6 Å². The molecule has 0 radical (unpaired) electrons. The maximum Gasteiger partial charge on any atom is 0.540 e. The second kappa shape index (κ2) is 10.4. The molecule has 4 rings (SSSR count). The molecule has 2 heterocycles. The summed E-state index contributed by atoms with van der Waals surface area (Å²) in [5.41, 5.74) is -0.102. The van der Waals surface area contributed by atoms with E-state index < -0.39 is 35.3 Å². The molecule has 0 fully saturated rings. The molecule has 2 aromatic carbocycles. The number of nitrogens with zero attached hydrogens (tertiary/aromatic N) is 1. The third-order valence-corrected chi connectivity index (χ3v) is 6.62. The Hall–Kier alpha value is -2.93. The van der Waals surface area contributed by atoms with E-state index in [1.165, 1.54) is 6.07 Å². The largest absolute Gasteiger partial charge is 0.540 e. The van der Waals surface area contributed by atoms with E-state index in [4.69, 9.17) is 0 Å². The van der Waals surface area contributed by atoms with Crippen molar-refractivity contribution in [3.05, 3.63) is 94.8 Å². The Kier molecular flexibility index (Phi) is 7.65. The summed E-state index contributed by atoms with van der Waals surface area (Å²) in [5.74, 6) is -0.724. The molecule has 0 aliphatic carbocycles. The average Bonchev–Trinajstić information content (AvgIpc) is 2.82. The van der Waals surface area contributed by atoms with Crippen molar-refractivity contribution in [2.75, 3.05) is 0 Å². The first-order chi connectivity index (χ1) is 17.4. The van der Waals surface area contributed by atoms with Gasteiger partial charge in [0.15, 0.2) is 0 Å². The van der Waals surface area contributed by atoms with E-state index in [2.05, 4.69) is 47.7 Å². The van der Waals surface area contributed by atoms with Crippen LogP contribution in [0.2, 0.25) is 0 Å². The van der Waals surface area contributed by atoms with Gasteiger partial charge in [-0.1, -0.05) is 65.1 Å². The van der Waals surface area contributed by atoms with Crippen molar-refractivity contribution in [3.8, 4) is 5.75 Å². The fourth-order valence-corrected chi connectivity index (χ4v) is 4.59. The lowest BCUT2D eigenvalue weighted by Crippen LogP contribution is -2.54. The number of fused-ring (bicyclic) bond motifs is 1. The Labute approximate surface area is 224 Å². The van der Waals surface area contributed by atoms with Crippen LogP contribution in [0.1, 0.15) is 41.8 Å². The summed E-state index contributed by atoms with van der Waals surface area (Å²) in [6, 6.07) is 15.3. The van der Waals surface area contributed by atoms with Crippen LogP contribution in [0.5, 0.6) is 5.75 Å². The topological polar surface area (TPSA) is 72.5 Å². The predicted octanol–water partition coefficient (Wildman–Crippen LogP) is 6.22. The highest BCUT2D eigenvalue weighted by Crippen LogP contribution is 2.48. The third-order valence-electron chi connectivity index (χ3n) is 5.74. The van der Waals surface area contributed by atoms with E-state index in [9.17, 15) is 22.4 Å². The number of carbonyl (C=O) groups excluding carboxylic acids is 1. The van der Waals surface area contributed by atoms with Gasteiger partial charge in [0.05, 0.1) is 11.3 Å². The second-order valence-electron chi connectivity index (χ2n) is 8.90. The molecule has 1 aliphatic rings. The highest BCUT2D eigenvalue weighted by atomic mass is 127. The molecule has 11 heteroatoms. The number of urea groups is 1. The SMILES string of the molecule is CC(C)NC(=O)N[C@@](Cc1ccccc1)(c1ccc2c(c1)C(F)(F)OC(F)(F)O2)c1ccc(CI)cn1. The van der Waals surface area contributed by atoms with Crippen LogP contribution in [0.4, 0.5) is 22.4 Å². The third kappa shape index (κ3) is 5.98. The van der Waals surface area contributed by atoms with Gasteiger partial charge in [0, 0.05) is 23.1 Å². The van der Waals surface area contributed by atoms with Gasteiger partial charge in [0.25, 0.3) is 0 Å². The van der Waals surface area contributed by atoms with E-state index in [1.54, 1.807) is 26.1 Å². The summed E-state index contributed by atoms with van der Waals surface area (Å²) in [6.07, 6.45) is -7.07. The second-order valence-corrected chi connectivity index (χ2v) is 9.66. The summed E-state index contributed by atoms with van der Waals surface area (Å²) in [6.45, 7) is 3.56. The average molecular weight is 629 g/mol. The van der Waals surface area contributed by atoms with Crippen LogP contribution in [0.3, 0.4) is 0 Å². The number of carbonyl (C=O) groups is 1. The first-order valence-electron chi connectivity index (χ1n) is 11.4. The number of amides is 2. The number of ether oxygens (including phenoxy) is 2. The monoisotopic (exact) mass is 629 g/mol. The quantitative estimate of drug-likeness (QED) is 0.185. The van der Waals surface area contributed by atoms with Gasteiger partial charge in [-0.05, 0) is 48.7 Å². The number of rotatable bonds is 7. The van der Waals surface area contributed by atoms with Gasteiger partial charge in [-0.2, -0.15) is 8.78 Å². The molecular formula is C26H24F4IN3O3. The van der Waals surface area contributed by atoms with Gasteiger partial charge in [0.1, 0.15) is 11.3 Å². The fourth-order valence-electron chi connectivity index (χ4n) is 4.14.